The van der Waals surface area contributed by atoms with Crippen LogP contribution in [0.25, 0.3) is 0 Å². The third kappa shape index (κ3) is 6.46. The standard InChI is InChI=1S/C16H30N2O3/c1-4-13-8-9-17-14(10-13)15(19)18-12(3)7-5-6-11(2)16(20)21/h11-14,17H,4-10H2,1-3H3,(H,18,19)(H,20,21). The van der Waals surface area contributed by atoms with Crippen molar-refractivity contribution in [3.05, 3.63) is 0 Å². The van der Waals surface area contributed by atoms with Crippen molar-refractivity contribution in [1.29, 1.82) is 0 Å². The Morgan fingerprint density at radius 2 is 2.05 bits per heavy atom. The molecule has 0 aromatic heterocycles. The normalized spacial score (nSPS) is 25.1. The Kier molecular flexibility index (Phi) is 7.72. The lowest BCUT2D eigenvalue weighted by atomic mass is 9.90. The summed E-state index contributed by atoms with van der Waals surface area (Å²) in [6, 6.07) is 0.0337. The Morgan fingerprint density at radius 1 is 1.33 bits per heavy atom. The first-order chi connectivity index (χ1) is 9.93. The van der Waals surface area contributed by atoms with Gasteiger partial charge in [0.15, 0.2) is 0 Å². The smallest absolute Gasteiger partial charge is 0.306 e. The van der Waals surface area contributed by atoms with Gasteiger partial charge in [-0.05, 0) is 45.1 Å². The summed E-state index contributed by atoms with van der Waals surface area (Å²) in [5.41, 5.74) is 0. The molecule has 1 rings (SSSR count). The first-order valence-corrected chi connectivity index (χ1v) is 8.20. The van der Waals surface area contributed by atoms with E-state index in [1.165, 1.54) is 0 Å². The number of nitrogens with one attached hydrogen (secondary N) is 2. The molecule has 0 bridgehead atoms. The molecule has 1 amide bonds. The lowest BCUT2D eigenvalue weighted by Crippen LogP contribution is -2.50. The second kappa shape index (κ2) is 9.03. The molecule has 1 aliphatic heterocycles. The largest absolute Gasteiger partial charge is 0.481 e. The number of carboxylic acid groups (broad SMARTS) is 1. The number of hydrogen-bond donors (Lipinski definition) is 3. The van der Waals surface area contributed by atoms with E-state index in [1.807, 2.05) is 6.92 Å². The quantitative estimate of drug-likeness (QED) is 0.641. The number of carbonyl (C=O) groups is 2. The van der Waals surface area contributed by atoms with Gasteiger partial charge in [-0.2, -0.15) is 0 Å². The van der Waals surface area contributed by atoms with Crippen LogP contribution in [0.5, 0.6) is 0 Å². The fourth-order valence-corrected chi connectivity index (χ4v) is 2.84. The number of rotatable bonds is 8. The van der Waals surface area contributed by atoms with Crippen LogP contribution in [0.2, 0.25) is 0 Å². The fourth-order valence-electron chi connectivity index (χ4n) is 2.84. The van der Waals surface area contributed by atoms with Crippen LogP contribution in [0.1, 0.15) is 59.3 Å². The summed E-state index contributed by atoms with van der Waals surface area (Å²) in [6.07, 6.45) is 5.52. The van der Waals surface area contributed by atoms with Gasteiger partial charge in [0.2, 0.25) is 5.91 Å². The van der Waals surface area contributed by atoms with Gasteiger partial charge >= 0.3 is 5.97 Å². The van der Waals surface area contributed by atoms with Gasteiger partial charge < -0.3 is 15.7 Å². The predicted molar refractivity (Wildman–Crippen MR) is 83.1 cm³/mol. The molecular formula is C16H30N2O3. The van der Waals surface area contributed by atoms with Crippen molar-refractivity contribution >= 4 is 11.9 Å². The summed E-state index contributed by atoms with van der Waals surface area (Å²) in [5, 5.41) is 15.2. The molecule has 0 saturated carbocycles. The molecule has 1 saturated heterocycles. The molecule has 1 aliphatic rings. The number of hydrogen-bond acceptors (Lipinski definition) is 3. The van der Waals surface area contributed by atoms with Gasteiger partial charge in [-0.3, -0.25) is 9.59 Å². The van der Waals surface area contributed by atoms with Gasteiger partial charge in [0.05, 0.1) is 12.0 Å². The third-order valence-corrected chi connectivity index (χ3v) is 4.49. The Bertz CT molecular complexity index is 346. The maximum absolute atomic E-state index is 12.2. The van der Waals surface area contributed by atoms with E-state index in [1.54, 1.807) is 6.92 Å². The van der Waals surface area contributed by atoms with Crippen molar-refractivity contribution in [2.24, 2.45) is 11.8 Å². The number of carboxylic acids is 1. The highest BCUT2D eigenvalue weighted by Crippen LogP contribution is 2.19. The molecular weight excluding hydrogens is 268 g/mol. The zero-order valence-electron chi connectivity index (χ0n) is 13.5. The van der Waals surface area contributed by atoms with E-state index >= 15 is 0 Å². The fraction of sp³-hybridized carbons (Fsp3) is 0.875. The summed E-state index contributed by atoms with van der Waals surface area (Å²) in [5.74, 6) is -0.317. The van der Waals surface area contributed by atoms with Gasteiger partial charge in [0.1, 0.15) is 0 Å². The number of piperidine rings is 1. The number of aliphatic carboxylic acids is 1. The molecule has 0 aliphatic carbocycles. The summed E-state index contributed by atoms with van der Waals surface area (Å²) >= 11 is 0. The van der Waals surface area contributed by atoms with Gasteiger partial charge in [-0.15, -0.1) is 0 Å². The van der Waals surface area contributed by atoms with Gasteiger partial charge in [0, 0.05) is 6.04 Å². The van der Waals surface area contributed by atoms with E-state index in [-0.39, 0.29) is 23.9 Å². The highest BCUT2D eigenvalue weighted by molar-refractivity contribution is 5.82. The summed E-state index contributed by atoms with van der Waals surface area (Å²) in [4.78, 5) is 22.9. The van der Waals surface area contributed by atoms with E-state index in [0.717, 1.165) is 38.6 Å². The molecule has 5 heteroatoms. The Labute approximate surface area is 127 Å². The molecule has 0 aromatic rings. The third-order valence-electron chi connectivity index (χ3n) is 4.49. The minimum atomic E-state index is -0.747. The second-order valence-corrected chi connectivity index (χ2v) is 6.39. The molecule has 4 atom stereocenters. The monoisotopic (exact) mass is 298 g/mol. The second-order valence-electron chi connectivity index (χ2n) is 6.39. The average Bonchev–Trinajstić information content (AvgIpc) is 2.46. The molecule has 1 fully saturated rings. The van der Waals surface area contributed by atoms with Crippen molar-refractivity contribution < 1.29 is 14.7 Å². The molecule has 122 valence electrons. The Morgan fingerprint density at radius 3 is 2.67 bits per heavy atom. The average molecular weight is 298 g/mol. The topological polar surface area (TPSA) is 78.4 Å². The van der Waals surface area contributed by atoms with E-state index < -0.39 is 5.97 Å². The summed E-state index contributed by atoms with van der Waals surface area (Å²) in [6.45, 7) is 6.81. The number of amides is 1. The molecule has 5 nitrogen and oxygen atoms in total. The van der Waals surface area contributed by atoms with Gasteiger partial charge in [-0.25, -0.2) is 0 Å². The van der Waals surface area contributed by atoms with E-state index in [0.29, 0.717) is 12.3 Å². The van der Waals surface area contributed by atoms with E-state index in [2.05, 4.69) is 17.6 Å². The first kappa shape index (κ1) is 18.0. The lowest BCUT2D eigenvalue weighted by molar-refractivity contribution is -0.141. The van der Waals surface area contributed by atoms with Crippen molar-refractivity contribution in [2.45, 2.75) is 71.4 Å². The summed E-state index contributed by atoms with van der Waals surface area (Å²) in [7, 11) is 0. The van der Waals surface area contributed by atoms with Crippen molar-refractivity contribution in [3.8, 4) is 0 Å². The highest BCUT2D eigenvalue weighted by Gasteiger charge is 2.26. The lowest BCUT2D eigenvalue weighted by Gasteiger charge is -2.29. The molecule has 0 spiro atoms. The van der Waals surface area contributed by atoms with Crippen molar-refractivity contribution in [1.82, 2.24) is 10.6 Å². The summed E-state index contributed by atoms with van der Waals surface area (Å²) < 4.78 is 0. The van der Waals surface area contributed by atoms with Crippen LogP contribution in [0, 0.1) is 11.8 Å². The first-order valence-electron chi connectivity index (χ1n) is 8.20. The molecule has 0 aromatic carbocycles. The maximum atomic E-state index is 12.2. The van der Waals surface area contributed by atoms with Crippen LogP contribution < -0.4 is 10.6 Å². The Balaban J connectivity index is 2.25. The van der Waals surface area contributed by atoms with Crippen LogP contribution in [-0.2, 0) is 9.59 Å². The highest BCUT2D eigenvalue weighted by atomic mass is 16.4. The van der Waals surface area contributed by atoms with Crippen LogP contribution in [0.3, 0.4) is 0 Å². The molecule has 0 radical (unpaired) electrons. The molecule has 3 N–H and O–H groups in total. The SMILES string of the molecule is CCC1CCNC(C(=O)NC(C)CCCC(C)C(=O)O)C1. The predicted octanol–water partition coefficient (Wildman–Crippen LogP) is 2.16. The minimum Gasteiger partial charge on any atom is -0.481 e. The van der Waals surface area contributed by atoms with E-state index in [4.69, 9.17) is 5.11 Å². The van der Waals surface area contributed by atoms with Crippen LogP contribution in [0.4, 0.5) is 0 Å². The van der Waals surface area contributed by atoms with Crippen LogP contribution >= 0.6 is 0 Å². The molecule has 1 heterocycles. The number of carbonyl (C=O) groups excluding carboxylic acids is 1. The zero-order chi connectivity index (χ0) is 15.8. The minimum absolute atomic E-state index is 0.0657. The van der Waals surface area contributed by atoms with E-state index in [9.17, 15) is 9.59 Å². The maximum Gasteiger partial charge on any atom is 0.306 e. The Hall–Kier alpha value is -1.10. The van der Waals surface area contributed by atoms with Crippen molar-refractivity contribution in [2.75, 3.05) is 6.54 Å². The van der Waals surface area contributed by atoms with Gasteiger partial charge in [-0.1, -0.05) is 26.7 Å². The van der Waals surface area contributed by atoms with Crippen LogP contribution in [0.15, 0.2) is 0 Å². The molecule has 21 heavy (non-hydrogen) atoms. The van der Waals surface area contributed by atoms with Crippen molar-refractivity contribution in [3.63, 3.8) is 0 Å². The van der Waals surface area contributed by atoms with Gasteiger partial charge in [0.25, 0.3) is 0 Å². The zero-order valence-corrected chi connectivity index (χ0v) is 13.5. The van der Waals surface area contributed by atoms with Crippen LogP contribution in [-0.4, -0.2) is 35.6 Å². The molecule has 4 unspecified atom stereocenters.